The highest BCUT2D eigenvalue weighted by Gasteiger charge is 2.15. The molecule has 0 spiro atoms. The van der Waals surface area contributed by atoms with E-state index < -0.39 is 0 Å². The molecule has 0 saturated carbocycles. The minimum atomic E-state index is -0.338. The molecule has 4 heteroatoms. The van der Waals surface area contributed by atoms with Crippen LogP contribution in [0.2, 0.25) is 0 Å². The molecule has 0 bridgehead atoms. The number of hydrogen-bond acceptors (Lipinski definition) is 3. The van der Waals surface area contributed by atoms with Crippen molar-refractivity contribution in [1.82, 2.24) is 0 Å². The largest absolute Gasteiger partial charge is 0.464 e. The highest BCUT2D eigenvalue weighted by atomic mass is 79.9. The number of halogens is 1. The number of furan rings is 2. The topological polar surface area (TPSA) is 52.3 Å². The Morgan fingerprint density at radius 1 is 1.14 bits per heavy atom. The Labute approximate surface area is 90.0 Å². The highest BCUT2D eigenvalue weighted by molar-refractivity contribution is 9.10. The third-order valence-electron chi connectivity index (χ3n) is 1.97. The second-order valence-corrected chi connectivity index (χ2v) is 3.85. The van der Waals surface area contributed by atoms with E-state index in [1.807, 2.05) is 31.2 Å². The zero-order valence-electron chi connectivity index (χ0n) is 7.66. The van der Waals surface area contributed by atoms with E-state index in [1.165, 1.54) is 0 Å². The van der Waals surface area contributed by atoms with Gasteiger partial charge in [0, 0.05) is 0 Å². The SMILES string of the molecule is Cc1ccc(C(N)c2ccc(Br)o2)o1. The summed E-state index contributed by atoms with van der Waals surface area (Å²) in [4.78, 5) is 0. The molecule has 2 aromatic rings. The van der Waals surface area contributed by atoms with Gasteiger partial charge in [0.1, 0.15) is 23.3 Å². The van der Waals surface area contributed by atoms with E-state index in [4.69, 9.17) is 14.6 Å². The molecule has 1 atom stereocenters. The minimum absolute atomic E-state index is 0.338. The first-order chi connectivity index (χ1) is 6.66. The summed E-state index contributed by atoms with van der Waals surface area (Å²) in [6.07, 6.45) is 0. The van der Waals surface area contributed by atoms with Gasteiger partial charge in [-0.1, -0.05) is 0 Å². The second-order valence-electron chi connectivity index (χ2n) is 3.07. The lowest BCUT2D eigenvalue weighted by Gasteiger charge is -2.04. The van der Waals surface area contributed by atoms with Crippen molar-refractivity contribution in [3.8, 4) is 0 Å². The Morgan fingerprint density at radius 2 is 1.79 bits per heavy atom. The molecule has 0 saturated heterocycles. The number of aryl methyl sites for hydroxylation is 1. The van der Waals surface area contributed by atoms with Crippen molar-refractivity contribution in [2.24, 2.45) is 5.73 Å². The van der Waals surface area contributed by atoms with Gasteiger partial charge in [0.2, 0.25) is 0 Å². The van der Waals surface area contributed by atoms with Crippen LogP contribution in [-0.2, 0) is 0 Å². The quantitative estimate of drug-likeness (QED) is 0.898. The predicted molar refractivity (Wildman–Crippen MR) is 55.9 cm³/mol. The van der Waals surface area contributed by atoms with Crippen molar-refractivity contribution in [3.63, 3.8) is 0 Å². The van der Waals surface area contributed by atoms with Crippen LogP contribution in [0.3, 0.4) is 0 Å². The maximum absolute atomic E-state index is 5.93. The zero-order chi connectivity index (χ0) is 10.1. The molecule has 74 valence electrons. The Kier molecular flexibility index (Phi) is 2.48. The number of nitrogens with two attached hydrogens (primary N) is 1. The molecule has 0 aliphatic carbocycles. The summed E-state index contributed by atoms with van der Waals surface area (Å²) in [6, 6.07) is 7.04. The summed E-state index contributed by atoms with van der Waals surface area (Å²) in [5.41, 5.74) is 5.93. The van der Waals surface area contributed by atoms with Gasteiger partial charge in [0.15, 0.2) is 4.67 Å². The summed E-state index contributed by atoms with van der Waals surface area (Å²) in [5, 5.41) is 0. The van der Waals surface area contributed by atoms with Gasteiger partial charge in [0.05, 0.1) is 0 Å². The van der Waals surface area contributed by atoms with Crippen LogP contribution in [-0.4, -0.2) is 0 Å². The van der Waals surface area contributed by atoms with Crippen LogP contribution in [0.1, 0.15) is 23.3 Å². The summed E-state index contributed by atoms with van der Waals surface area (Å²) in [6.45, 7) is 1.88. The van der Waals surface area contributed by atoms with E-state index in [2.05, 4.69) is 15.9 Å². The van der Waals surface area contributed by atoms with Crippen LogP contribution in [0.4, 0.5) is 0 Å². The molecule has 0 amide bonds. The van der Waals surface area contributed by atoms with Crippen molar-refractivity contribution >= 4 is 15.9 Å². The molecule has 14 heavy (non-hydrogen) atoms. The Balaban J connectivity index is 2.28. The maximum atomic E-state index is 5.93. The molecule has 0 aliphatic rings. The molecule has 2 heterocycles. The molecule has 2 rings (SSSR count). The van der Waals surface area contributed by atoms with Crippen LogP contribution in [0.25, 0.3) is 0 Å². The van der Waals surface area contributed by atoms with Crippen LogP contribution in [0.15, 0.2) is 37.8 Å². The average Bonchev–Trinajstić information content (AvgIpc) is 2.73. The molecular formula is C10H10BrNO2. The summed E-state index contributed by atoms with van der Waals surface area (Å²) in [7, 11) is 0. The number of hydrogen-bond donors (Lipinski definition) is 1. The van der Waals surface area contributed by atoms with Crippen LogP contribution in [0, 0.1) is 6.92 Å². The predicted octanol–water partition coefficient (Wildman–Crippen LogP) is 2.99. The van der Waals surface area contributed by atoms with E-state index in [1.54, 1.807) is 0 Å². The van der Waals surface area contributed by atoms with E-state index in [0.717, 1.165) is 5.76 Å². The monoisotopic (exact) mass is 255 g/mol. The lowest BCUT2D eigenvalue weighted by Crippen LogP contribution is -2.09. The van der Waals surface area contributed by atoms with Crippen LogP contribution in [0.5, 0.6) is 0 Å². The van der Waals surface area contributed by atoms with Gasteiger partial charge in [0.25, 0.3) is 0 Å². The molecule has 0 fully saturated rings. The fraction of sp³-hybridized carbons (Fsp3) is 0.200. The molecular weight excluding hydrogens is 246 g/mol. The van der Waals surface area contributed by atoms with Crippen LogP contribution < -0.4 is 5.73 Å². The van der Waals surface area contributed by atoms with Crippen LogP contribution >= 0.6 is 15.9 Å². The standard InChI is InChI=1S/C10H10BrNO2/c1-6-2-3-7(13-6)10(12)8-4-5-9(11)14-8/h2-5,10H,12H2,1H3. The lowest BCUT2D eigenvalue weighted by atomic mass is 10.2. The summed E-state index contributed by atoms with van der Waals surface area (Å²) in [5.74, 6) is 2.25. The molecule has 2 aromatic heterocycles. The summed E-state index contributed by atoms with van der Waals surface area (Å²) < 4.78 is 11.4. The average molecular weight is 256 g/mol. The van der Waals surface area contributed by atoms with Crippen molar-refractivity contribution in [2.45, 2.75) is 13.0 Å². The van der Waals surface area contributed by atoms with Gasteiger partial charge in [-0.2, -0.15) is 0 Å². The van der Waals surface area contributed by atoms with Crippen molar-refractivity contribution in [2.75, 3.05) is 0 Å². The van der Waals surface area contributed by atoms with Gasteiger partial charge in [-0.05, 0) is 47.1 Å². The third-order valence-corrected chi connectivity index (χ3v) is 2.39. The Morgan fingerprint density at radius 3 is 2.29 bits per heavy atom. The first-order valence-electron chi connectivity index (χ1n) is 4.24. The summed E-state index contributed by atoms with van der Waals surface area (Å²) >= 11 is 3.23. The fourth-order valence-corrected chi connectivity index (χ4v) is 1.58. The second kappa shape index (κ2) is 3.63. The third kappa shape index (κ3) is 1.76. The van der Waals surface area contributed by atoms with E-state index in [9.17, 15) is 0 Å². The van der Waals surface area contributed by atoms with E-state index in [-0.39, 0.29) is 6.04 Å². The van der Waals surface area contributed by atoms with E-state index >= 15 is 0 Å². The zero-order valence-corrected chi connectivity index (χ0v) is 9.24. The smallest absolute Gasteiger partial charge is 0.169 e. The maximum Gasteiger partial charge on any atom is 0.169 e. The van der Waals surface area contributed by atoms with Gasteiger partial charge in [-0.15, -0.1) is 0 Å². The first-order valence-corrected chi connectivity index (χ1v) is 5.03. The van der Waals surface area contributed by atoms with E-state index in [0.29, 0.717) is 16.2 Å². The van der Waals surface area contributed by atoms with Crippen molar-refractivity contribution < 1.29 is 8.83 Å². The van der Waals surface area contributed by atoms with Gasteiger partial charge in [-0.25, -0.2) is 0 Å². The molecule has 2 N–H and O–H groups in total. The molecule has 1 unspecified atom stereocenters. The van der Waals surface area contributed by atoms with Crippen molar-refractivity contribution in [3.05, 3.63) is 46.2 Å². The van der Waals surface area contributed by atoms with Gasteiger partial charge < -0.3 is 14.6 Å². The minimum Gasteiger partial charge on any atom is -0.464 e. The normalized spacial score (nSPS) is 13.1. The Hall–Kier alpha value is -1.00. The Bertz CT molecular complexity index is 393. The van der Waals surface area contributed by atoms with Crippen molar-refractivity contribution in [1.29, 1.82) is 0 Å². The molecule has 0 aliphatic heterocycles. The molecule has 0 radical (unpaired) electrons. The van der Waals surface area contributed by atoms with Gasteiger partial charge >= 0.3 is 0 Å². The fourth-order valence-electron chi connectivity index (χ4n) is 1.26. The number of rotatable bonds is 2. The molecule has 3 nitrogen and oxygen atoms in total. The van der Waals surface area contributed by atoms with Gasteiger partial charge in [-0.3, -0.25) is 0 Å². The highest BCUT2D eigenvalue weighted by Crippen LogP contribution is 2.25. The lowest BCUT2D eigenvalue weighted by molar-refractivity contribution is 0.413. The molecule has 0 aromatic carbocycles. The first kappa shape index (κ1) is 9.55.